The lowest BCUT2D eigenvalue weighted by Gasteiger charge is -2.17. The lowest BCUT2D eigenvalue weighted by atomic mass is 10.1. The van der Waals surface area contributed by atoms with Gasteiger partial charge in [-0.2, -0.15) is 0 Å². The summed E-state index contributed by atoms with van der Waals surface area (Å²) in [7, 11) is 0. The predicted octanol–water partition coefficient (Wildman–Crippen LogP) is -0.572. The van der Waals surface area contributed by atoms with Crippen LogP contribution in [0.1, 0.15) is 13.3 Å². The van der Waals surface area contributed by atoms with Crippen molar-refractivity contribution in [3.05, 3.63) is 0 Å². The average Bonchev–Trinajstić information content (AvgIpc) is 2.04. The molecular weight excluding hydrogens is 176 g/mol. The van der Waals surface area contributed by atoms with E-state index in [0.29, 0.717) is 0 Å². The molecule has 6 nitrogen and oxygen atoms in total. The third-order valence-corrected chi connectivity index (χ3v) is 1.74. The number of rotatable bonds is 5. The Bertz CT molecular complexity index is 195. The largest absolute Gasteiger partial charge is 0.481 e. The number of hydrogen-bond acceptors (Lipinski definition) is 3. The molecule has 0 aliphatic rings. The van der Waals surface area contributed by atoms with Crippen molar-refractivity contribution in [1.82, 2.24) is 4.90 Å². The Kier molecular flexibility index (Phi) is 4.83. The van der Waals surface area contributed by atoms with E-state index in [1.807, 2.05) is 0 Å². The molecule has 0 saturated carbocycles. The van der Waals surface area contributed by atoms with E-state index in [9.17, 15) is 9.59 Å². The zero-order valence-electron chi connectivity index (χ0n) is 7.43. The van der Waals surface area contributed by atoms with Gasteiger partial charge in [0, 0.05) is 6.54 Å². The van der Waals surface area contributed by atoms with Crippen LogP contribution in [0.3, 0.4) is 0 Å². The number of aliphatic carboxylic acids is 1. The summed E-state index contributed by atoms with van der Waals surface area (Å²) in [4.78, 5) is 21.9. The number of amides is 2. The summed E-state index contributed by atoms with van der Waals surface area (Å²) in [6.45, 7) is 1.19. The summed E-state index contributed by atoms with van der Waals surface area (Å²) in [6.07, 6.45) is 0.277. The molecular formula is C7H14N2O4. The number of carboxylic acid groups (broad SMARTS) is 1. The van der Waals surface area contributed by atoms with Crippen LogP contribution in [-0.4, -0.2) is 40.4 Å². The molecule has 13 heavy (non-hydrogen) atoms. The van der Waals surface area contributed by atoms with E-state index >= 15 is 0 Å². The predicted molar refractivity (Wildman–Crippen MR) is 44.8 cm³/mol. The molecule has 0 saturated heterocycles. The second-order valence-electron chi connectivity index (χ2n) is 2.77. The minimum Gasteiger partial charge on any atom is -0.481 e. The fourth-order valence-electron chi connectivity index (χ4n) is 0.724. The lowest BCUT2D eigenvalue weighted by Crippen LogP contribution is -2.38. The van der Waals surface area contributed by atoms with Crippen LogP contribution in [0, 0.1) is 5.92 Å². The van der Waals surface area contributed by atoms with E-state index in [1.54, 1.807) is 0 Å². The zero-order valence-corrected chi connectivity index (χ0v) is 7.43. The van der Waals surface area contributed by atoms with Gasteiger partial charge in [-0.25, -0.2) is 4.79 Å². The first-order valence-electron chi connectivity index (χ1n) is 3.87. The summed E-state index contributed by atoms with van der Waals surface area (Å²) in [6, 6.07) is -0.750. The topological polar surface area (TPSA) is 104 Å². The van der Waals surface area contributed by atoms with Crippen LogP contribution in [0.25, 0.3) is 0 Å². The van der Waals surface area contributed by atoms with Gasteiger partial charge in [0.05, 0.1) is 5.92 Å². The summed E-state index contributed by atoms with van der Waals surface area (Å²) in [5.74, 6) is -1.48. The van der Waals surface area contributed by atoms with Gasteiger partial charge in [0.25, 0.3) is 0 Å². The first-order valence-corrected chi connectivity index (χ1v) is 3.87. The average molecular weight is 190 g/mol. The SMILES string of the molecule is CC(CCN(CO)C(N)=O)C(=O)O. The molecule has 0 spiro atoms. The number of aliphatic hydroxyl groups is 1. The molecule has 0 aliphatic heterocycles. The van der Waals surface area contributed by atoms with Crippen LogP contribution in [-0.2, 0) is 4.79 Å². The number of urea groups is 1. The van der Waals surface area contributed by atoms with E-state index in [0.717, 1.165) is 4.90 Å². The second-order valence-corrected chi connectivity index (χ2v) is 2.77. The highest BCUT2D eigenvalue weighted by Crippen LogP contribution is 2.03. The Hall–Kier alpha value is -1.30. The third kappa shape index (κ3) is 4.32. The van der Waals surface area contributed by atoms with Gasteiger partial charge in [0.2, 0.25) is 0 Å². The highest BCUT2D eigenvalue weighted by molar-refractivity contribution is 5.72. The molecule has 2 amide bonds. The number of nitrogens with two attached hydrogens (primary N) is 1. The van der Waals surface area contributed by atoms with Crippen LogP contribution in [0.15, 0.2) is 0 Å². The smallest absolute Gasteiger partial charge is 0.316 e. The number of carbonyl (C=O) groups excluding carboxylic acids is 1. The van der Waals surface area contributed by atoms with Crippen LogP contribution in [0.5, 0.6) is 0 Å². The highest BCUT2D eigenvalue weighted by Gasteiger charge is 2.14. The number of carbonyl (C=O) groups is 2. The van der Waals surface area contributed by atoms with E-state index in [1.165, 1.54) is 6.92 Å². The minimum atomic E-state index is -0.928. The van der Waals surface area contributed by atoms with Crippen LogP contribution >= 0.6 is 0 Å². The Morgan fingerprint density at radius 2 is 2.08 bits per heavy atom. The maximum absolute atomic E-state index is 10.6. The van der Waals surface area contributed by atoms with Crippen molar-refractivity contribution < 1.29 is 19.8 Å². The van der Waals surface area contributed by atoms with Gasteiger partial charge >= 0.3 is 12.0 Å². The maximum Gasteiger partial charge on any atom is 0.316 e. The Balaban J connectivity index is 3.85. The summed E-state index contributed by atoms with van der Waals surface area (Å²) in [5.41, 5.74) is 4.89. The van der Waals surface area contributed by atoms with Crippen LogP contribution in [0.4, 0.5) is 4.79 Å². The Morgan fingerprint density at radius 1 is 1.54 bits per heavy atom. The van der Waals surface area contributed by atoms with E-state index in [-0.39, 0.29) is 13.0 Å². The molecule has 76 valence electrons. The minimum absolute atomic E-state index is 0.152. The number of primary amides is 1. The first-order chi connectivity index (χ1) is 5.99. The van der Waals surface area contributed by atoms with E-state index in [4.69, 9.17) is 15.9 Å². The molecule has 0 aromatic heterocycles. The molecule has 0 rings (SSSR count). The molecule has 0 fully saturated rings. The number of aliphatic hydroxyl groups excluding tert-OH is 1. The number of hydrogen-bond donors (Lipinski definition) is 3. The van der Waals surface area contributed by atoms with Gasteiger partial charge in [-0.05, 0) is 6.42 Å². The van der Waals surface area contributed by atoms with E-state index < -0.39 is 24.6 Å². The van der Waals surface area contributed by atoms with Gasteiger partial charge in [-0.1, -0.05) is 6.92 Å². The molecule has 0 aromatic carbocycles. The van der Waals surface area contributed by atoms with Crippen LogP contribution < -0.4 is 5.73 Å². The number of carboxylic acids is 1. The van der Waals surface area contributed by atoms with Gasteiger partial charge in [-0.3, -0.25) is 4.79 Å². The molecule has 0 heterocycles. The normalized spacial score (nSPS) is 12.2. The molecule has 0 aliphatic carbocycles. The van der Waals surface area contributed by atoms with Crippen molar-refractivity contribution in [3.63, 3.8) is 0 Å². The van der Waals surface area contributed by atoms with E-state index in [2.05, 4.69) is 0 Å². The van der Waals surface area contributed by atoms with Gasteiger partial charge < -0.3 is 20.8 Å². The fourth-order valence-corrected chi connectivity index (χ4v) is 0.724. The van der Waals surface area contributed by atoms with Gasteiger partial charge in [-0.15, -0.1) is 0 Å². The van der Waals surface area contributed by atoms with Crippen molar-refractivity contribution in [2.24, 2.45) is 11.7 Å². The Morgan fingerprint density at radius 3 is 2.38 bits per heavy atom. The van der Waals surface area contributed by atoms with Crippen LogP contribution in [0.2, 0.25) is 0 Å². The number of nitrogens with zero attached hydrogens (tertiary/aromatic N) is 1. The fraction of sp³-hybridized carbons (Fsp3) is 0.714. The summed E-state index contributed by atoms with van der Waals surface area (Å²) >= 11 is 0. The van der Waals surface area contributed by atoms with Crippen molar-refractivity contribution in [2.75, 3.05) is 13.3 Å². The lowest BCUT2D eigenvalue weighted by molar-refractivity contribution is -0.141. The highest BCUT2D eigenvalue weighted by atomic mass is 16.4. The first kappa shape index (κ1) is 11.7. The zero-order chi connectivity index (χ0) is 10.4. The van der Waals surface area contributed by atoms with Gasteiger partial charge in [0.1, 0.15) is 6.73 Å². The molecule has 0 radical (unpaired) electrons. The molecule has 1 atom stereocenters. The molecule has 6 heteroatoms. The van der Waals surface area contributed by atoms with Crippen molar-refractivity contribution in [3.8, 4) is 0 Å². The van der Waals surface area contributed by atoms with Crippen molar-refractivity contribution in [1.29, 1.82) is 0 Å². The van der Waals surface area contributed by atoms with Crippen molar-refractivity contribution >= 4 is 12.0 Å². The molecule has 1 unspecified atom stereocenters. The summed E-state index contributed by atoms with van der Waals surface area (Å²) < 4.78 is 0. The second kappa shape index (κ2) is 5.36. The van der Waals surface area contributed by atoms with Crippen molar-refractivity contribution in [2.45, 2.75) is 13.3 Å². The summed E-state index contributed by atoms with van der Waals surface area (Å²) in [5, 5.41) is 17.1. The quantitative estimate of drug-likeness (QED) is 0.505. The Labute approximate surface area is 75.9 Å². The standard InChI is InChI=1S/C7H14N2O4/c1-5(6(11)12)2-3-9(4-10)7(8)13/h5,10H,2-4H2,1H3,(H2,8,13)(H,11,12). The monoisotopic (exact) mass is 190 g/mol. The molecule has 0 bridgehead atoms. The maximum atomic E-state index is 10.6. The third-order valence-electron chi connectivity index (χ3n) is 1.74. The molecule has 4 N–H and O–H groups in total. The van der Waals surface area contributed by atoms with Gasteiger partial charge in [0.15, 0.2) is 0 Å². The molecule has 0 aromatic rings.